The minimum atomic E-state index is -0.527. The molecule has 0 heterocycles. The lowest BCUT2D eigenvalue weighted by Crippen LogP contribution is -2.47. The number of amides is 1. The number of hydrogen-bond acceptors (Lipinski definition) is 3. The fraction of sp³-hybridized carbons (Fsp3) is 0.500. The number of nitrogens with zero attached hydrogens (tertiary/aromatic N) is 1. The van der Waals surface area contributed by atoms with Gasteiger partial charge in [-0.1, -0.05) is 30.3 Å². The summed E-state index contributed by atoms with van der Waals surface area (Å²) >= 11 is 0. The van der Waals surface area contributed by atoms with Crippen molar-refractivity contribution in [1.29, 1.82) is 0 Å². The normalized spacial score (nSPS) is 12.9. The molecule has 100 valence electrons. The van der Waals surface area contributed by atoms with Crippen molar-refractivity contribution in [2.75, 3.05) is 0 Å². The van der Waals surface area contributed by atoms with E-state index >= 15 is 0 Å². The highest BCUT2D eigenvalue weighted by Crippen LogP contribution is 2.12. The van der Waals surface area contributed by atoms with Crippen LogP contribution in [0.1, 0.15) is 33.3 Å². The lowest BCUT2D eigenvalue weighted by molar-refractivity contribution is 0.0173. The van der Waals surface area contributed by atoms with Gasteiger partial charge in [-0.05, 0) is 39.7 Å². The number of hydrazine groups is 1. The van der Waals surface area contributed by atoms with E-state index in [0.717, 1.165) is 10.6 Å². The molecule has 0 radical (unpaired) electrons. The molecule has 0 saturated heterocycles. The molecule has 4 nitrogen and oxygen atoms in total. The zero-order valence-electron chi connectivity index (χ0n) is 11.5. The van der Waals surface area contributed by atoms with E-state index in [1.807, 2.05) is 58.0 Å². The van der Waals surface area contributed by atoms with Gasteiger partial charge < -0.3 is 4.74 Å². The Morgan fingerprint density at radius 3 is 2.39 bits per heavy atom. The first-order chi connectivity index (χ1) is 8.29. The SMILES string of the molecule is CC(Cc1ccccc1)N(N)C(=O)OC(C)(C)C. The third-order valence-electron chi connectivity index (χ3n) is 2.45. The van der Waals surface area contributed by atoms with Crippen LogP contribution in [-0.2, 0) is 11.2 Å². The first-order valence-electron chi connectivity index (χ1n) is 6.10. The predicted octanol–water partition coefficient (Wildman–Crippen LogP) is 2.73. The molecule has 0 saturated carbocycles. The van der Waals surface area contributed by atoms with Crippen LogP contribution in [0.3, 0.4) is 0 Å². The van der Waals surface area contributed by atoms with Gasteiger partial charge in [0.05, 0.1) is 6.04 Å². The quantitative estimate of drug-likeness (QED) is 0.510. The molecule has 0 spiro atoms. The van der Waals surface area contributed by atoms with Crippen LogP contribution in [0.2, 0.25) is 0 Å². The van der Waals surface area contributed by atoms with Crippen LogP contribution < -0.4 is 5.84 Å². The van der Waals surface area contributed by atoms with Crippen molar-refractivity contribution in [3.8, 4) is 0 Å². The molecule has 1 atom stereocenters. The number of carbonyl (C=O) groups excluding carboxylic acids is 1. The highest BCUT2D eigenvalue weighted by atomic mass is 16.6. The van der Waals surface area contributed by atoms with Crippen molar-refractivity contribution in [1.82, 2.24) is 5.01 Å². The summed E-state index contributed by atoms with van der Waals surface area (Å²) in [6.07, 6.45) is 0.210. The van der Waals surface area contributed by atoms with E-state index < -0.39 is 11.7 Å². The van der Waals surface area contributed by atoms with E-state index in [0.29, 0.717) is 6.42 Å². The van der Waals surface area contributed by atoms with Gasteiger partial charge in [0.15, 0.2) is 0 Å². The summed E-state index contributed by atoms with van der Waals surface area (Å²) in [4.78, 5) is 11.8. The highest BCUT2D eigenvalue weighted by molar-refractivity contribution is 5.67. The Kier molecular flexibility index (Phi) is 4.73. The fourth-order valence-electron chi connectivity index (χ4n) is 1.55. The maximum Gasteiger partial charge on any atom is 0.424 e. The van der Waals surface area contributed by atoms with Crippen LogP contribution in [-0.4, -0.2) is 22.7 Å². The summed E-state index contributed by atoms with van der Waals surface area (Å²) in [7, 11) is 0. The zero-order chi connectivity index (χ0) is 13.8. The Balaban J connectivity index is 2.56. The summed E-state index contributed by atoms with van der Waals surface area (Å²) in [5.41, 5.74) is 0.616. The van der Waals surface area contributed by atoms with E-state index in [2.05, 4.69) is 0 Å². The molecular weight excluding hydrogens is 228 g/mol. The van der Waals surface area contributed by atoms with Gasteiger partial charge in [-0.2, -0.15) is 0 Å². The van der Waals surface area contributed by atoms with Gasteiger partial charge in [0, 0.05) is 0 Å². The van der Waals surface area contributed by atoms with Crippen LogP contribution in [0, 0.1) is 0 Å². The van der Waals surface area contributed by atoms with Crippen molar-refractivity contribution in [2.24, 2.45) is 5.84 Å². The predicted molar refractivity (Wildman–Crippen MR) is 71.9 cm³/mol. The van der Waals surface area contributed by atoms with Crippen LogP contribution in [0.5, 0.6) is 0 Å². The first kappa shape index (κ1) is 14.5. The van der Waals surface area contributed by atoms with E-state index in [9.17, 15) is 4.79 Å². The van der Waals surface area contributed by atoms with Crippen molar-refractivity contribution in [3.63, 3.8) is 0 Å². The third-order valence-corrected chi connectivity index (χ3v) is 2.45. The maximum atomic E-state index is 11.8. The van der Waals surface area contributed by atoms with Crippen molar-refractivity contribution in [2.45, 2.75) is 45.8 Å². The van der Waals surface area contributed by atoms with Gasteiger partial charge in [0.25, 0.3) is 0 Å². The molecular formula is C14H22N2O2. The maximum absolute atomic E-state index is 11.8. The average molecular weight is 250 g/mol. The Morgan fingerprint density at radius 1 is 1.33 bits per heavy atom. The molecule has 18 heavy (non-hydrogen) atoms. The second-order valence-electron chi connectivity index (χ2n) is 5.43. The molecule has 4 heteroatoms. The first-order valence-corrected chi connectivity index (χ1v) is 6.10. The van der Waals surface area contributed by atoms with Crippen molar-refractivity contribution < 1.29 is 9.53 Å². The number of benzene rings is 1. The summed E-state index contributed by atoms with van der Waals surface area (Å²) in [5, 5.41) is 1.15. The number of carbonyl (C=O) groups is 1. The summed E-state index contributed by atoms with van der Waals surface area (Å²) < 4.78 is 5.22. The molecule has 1 aromatic rings. The number of nitrogens with two attached hydrogens (primary N) is 1. The second kappa shape index (κ2) is 5.87. The standard InChI is InChI=1S/C14H22N2O2/c1-11(10-12-8-6-5-7-9-12)16(15)13(17)18-14(2,3)4/h5-9,11H,10,15H2,1-4H3. The average Bonchev–Trinajstić information content (AvgIpc) is 2.27. The van der Waals surface area contributed by atoms with Crippen LogP contribution >= 0.6 is 0 Å². The summed E-state index contributed by atoms with van der Waals surface area (Å²) in [5.74, 6) is 5.77. The van der Waals surface area contributed by atoms with Crippen LogP contribution in [0.15, 0.2) is 30.3 Å². The third kappa shape index (κ3) is 4.75. The van der Waals surface area contributed by atoms with Gasteiger partial charge in [0.2, 0.25) is 0 Å². The molecule has 1 unspecified atom stereocenters. The topological polar surface area (TPSA) is 55.6 Å². The largest absolute Gasteiger partial charge is 0.443 e. The van der Waals surface area contributed by atoms with Gasteiger partial charge in [-0.15, -0.1) is 0 Å². The molecule has 0 aliphatic heterocycles. The zero-order valence-corrected chi connectivity index (χ0v) is 11.5. The van der Waals surface area contributed by atoms with Crippen LogP contribution in [0.4, 0.5) is 4.79 Å². The van der Waals surface area contributed by atoms with Gasteiger partial charge in [0.1, 0.15) is 5.60 Å². The smallest absolute Gasteiger partial charge is 0.424 e. The molecule has 0 aliphatic carbocycles. The molecule has 2 N–H and O–H groups in total. The molecule has 0 aromatic heterocycles. The molecule has 1 amide bonds. The van der Waals surface area contributed by atoms with Gasteiger partial charge in [-0.3, -0.25) is 0 Å². The Bertz CT molecular complexity index is 385. The van der Waals surface area contributed by atoms with Crippen molar-refractivity contribution >= 4 is 6.09 Å². The molecule has 1 aromatic carbocycles. The molecule has 0 aliphatic rings. The number of rotatable bonds is 3. The van der Waals surface area contributed by atoms with E-state index in [-0.39, 0.29) is 6.04 Å². The molecule has 0 fully saturated rings. The second-order valence-corrected chi connectivity index (χ2v) is 5.43. The van der Waals surface area contributed by atoms with E-state index in [4.69, 9.17) is 10.6 Å². The van der Waals surface area contributed by atoms with E-state index in [1.165, 1.54) is 0 Å². The minimum absolute atomic E-state index is 0.109. The van der Waals surface area contributed by atoms with E-state index in [1.54, 1.807) is 0 Å². The minimum Gasteiger partial charge on any atom is -0.443 e. The van der Waals surface area contributed by atoms with Crippen molar-refractivity contribution in [3.05, 3.63) is 35.9 Å². The van der Waals surface area contributed by atoms with Gasteiger partial charge in [-0.25, -0.2) is 15.6 Å². The number of ether oxygens (including phenoxy) is 1. The molecule has 1 rings (SSSR count). The van der Waals surface area contributed by atoms with Crippen LogP contribution in [0.25, 0.3) is 0 Å². The summed E-state index contributed by atoms with van der Waals surface area (Å²) in [6, 6.07) is 9.82. The Morgan fingerprint density at radius 2 is 1.89 bits per heavy atom. The Hall–Kier alpha value is -1.55. The molecule has 0 bridgehead atoms. The number of hydrogen-bond donors (Lipinski definition) is 1. The Labute approximate surface area is 109 Å². The lowest BCUT2D eigenvalue weighted by Gasteiger charge is -2.28. The van der Waals surface area contributed by atoms with Gasteiger partial charge >= 0.3 is 6.09 Å². The monoisotopic (exact) mass is 250 g/mol. The summed E-state index contributed by atoms with van der Waals surface area (Å²) in [6.45, 7) is 7.36. The lowest BCUT2D eigenvalue weighted by atomic mass is 10.1. The highest BCUT2D eigenvalue weighted by Gasteiger charge is 2.23. The fourth-order valence-corrected chi connectivity index (χ4v) is 1.55.